The largest absolute Gasteiger partial charge is 0.509 e. The second-order valence-electron chi connectivity index (χ2n) is 6.60. The molecule has 0 amide bonds. The molecule has 0 aliphatic carbocycles. The third kappa shape index (κ3) is 17.3. The van der Waals surface area contributed by atoms with E-state index < -0.39 is 6.16 Å². The highest BCUT2D eigenvalue weighted by molar-refractivity contribution is 5.62. The van der Waals surface area contributed by atoms with Crippen LogP contribution in [0.15, 0.2) is 134 Å². The van der Waals surface area contributed by atoms with Gasteiger partial charge in [0.1, 0.15) is 6.61 Å². The van der Waals surface area contributed by atoms with Crippen LogP contribution in [-0.2, 0) is 9.47 Å². The van der Waals surface area contributed by atoms with Crippen LogP contribution in [0.1, 0.15) is 25.7 Å². The predicted molar refractivity (Wildman–Crippen MR) is 136 cm³/mol. The van der Waals surface area contributed by atoms with Gasteiger partial charge in [0.25, 0.3) is 0 Å². The number of ether oxygens (including phenoxy) is 2. The fourth-order valence-electron chi connectivity index (χ4n) is 2.32. The van der Waals surface area contributed by atoms with Crippen LogP contribution in [0.25, 0.3) is 0 Å². The van der Waals surface area contributed by atoms with Gasteiger partial charge in [0.05, 0.1) is 0 Å². The summed E-state index contributed by atoms with van der Waals surface area (Å²) in [5, 5.41) is 0. The minimum absolute atomic E-state index is 0.281. The van der Waals surface area contributed by atoms with Crippen LogP contribution in [-0.4, -0.2) is 18.9 Å². The highest BCUT2D eigenvalue weighted by Gasteiger charge is 2.21. The lowest BCUT2D eigenvalue weighted by Crippen LogP contribution is -2.04. The molecule has 1 saturated heterocycles. The molecule has 0 spiro atoms. The van der Waals surface area contributed by atoms with Gasteiger partial charge in [-0.15, -0.1) is 6.58 Å². The van der Waals surface area contributed by atoms with Crippen molar-refractivity contribution in [2.24, 2.45) is 0 Å². The van der Waals surface area contributed by atoms with Crippen LogP contribution in [0.5, 0.6) is 0 Å². The minimum Gasteiger partial charge on any atom is -0.430 e. The average Bonchev–Trinajstić information content (AvgIpc) is 3.21. The first-order valence-electron chi connectivity index (χ1n) is 10.9. The Morgan fingerprint density at radius 1 is 0.625 bits per heavy atom. The SMILES string of the molecule is C=CC/C=C/C=CCC=C/C=C/C/C=C/CC=CC=CC=CC=CC=CC1COC(=O)O1. The molecule has 0 N–H and O–H groups in total. The van der Waals surface area contributed by atoms with E-state index in [2.05, 4.69) is 72.1 Å². The molecule has 1 heterocycles. The first-order valence-corrected chi connectivity index (χ1v) is 10.9. The number of carbonyl (C=O) groups is 1. The highest BCUT2D eigenvalue weighted by Crippen LogP contribution is 2.06. The number of rotatable bonds is 15. The Balaban J connectivity index is 2.03. The van der Waals surface area contributed by atoms with Crippen molar-refractivity contribution in [3.8, 4) is 0 Å². The topological polar surface area (TPSA) is 35.5 Å². The zero-order chi connectivity index (χ0) is 23.0. The van der Waals surface area contributed by atoms with Gasteiger partial charge in [0.2, 0.25) is 0 Å². The normalized spacial score (nSPS) is 18.1. The molecule has 3 nitrogen and oxygen atoms in total. The minimum atomic E-state index is -0.606. The van der Waals surface area contributed by atoms with Gasteiger partial charge in [-0.2, -0.15) is 0 Å². The van der Waals surface area contributed by atoms with E-state index in [1.807, 2.05) is 60.8 Å². The van der Waals surface area contributed by atoms with Crippen molar-refractivity contribution in [3.63, 3.8) is 0 Å². The Bertz CT molecular complexity index is 811. The van der Waals surface area contributed by atoms with E-state index in [-0.39, 0.29) is 12.7 Å². The van der Waals surface area contributed by atoms with Gasteiger partial charge in [-0.25, -0.2) is 4.79 Å². The summed E-state index contributed by atoms with van der Waals surface area (Å²) in [6, 6.07) is 0. The molecule has 168 valence electrons. The summed E-state index contributed by atoms with van der Waals surface area (Å²) in [5.41, 5.74) is 0. The maximum atomic E-state index is 10.8. The average molecular weight is 431 g/mol. The van der Waals surface area contributed by atoms with Gasteiger partial charge in [-0.05, 0) is 31.8 Å². The van der Waals surface area contributed by atoms with E-state index >= 15 is 0 Å². The number of hydrogen-bond acceptors (Lipinski definition) is 3. The summed E-state index contributed by atoms with van der Waals surface area (Å²) in [7, 11) is 0. The van der Waals surface area contributed by atoms with E-state index in [1.54, 1.807) is 6.08 Å². The Hall–Kier alpha value is -3.59. The zero-order valence-corrected chi connectivity index (χ0v) is 18.7. The third-order valence-corrected chi connectivity index (χ3v) is 3.91. The molecule has 0 radical (unpaired) electrons. The number of carbonyl (C=O) groups excluding carboxylic acids is 1. The number of allylic oxidation sites excluding steroid dienone is 20. The molecule has 0 aromatic carbocycles. The van der Waals surface area contributed by atoms with E-state index in [1.165, 1.54) is 0 Å². The van der Waals surface area contributed by atoms with Crippen LogP contribution < -0.4 is 0 Å². The molecular weight excluding hydrogens is 396 g/mol. The second-order valence-corrected chi connectivity index (χ2v) is 6.60. The molecule has 1 unspecified atom stereocenters. The standard InChI is InChI=1S/C29H34O3/c1-2-3-4-5-6-7-8-9-10-11-12-13-14-15-16-17-18-19-20-21-22-23-24-25-26-28-27-31-29(30)32-28/h2,4-7,9-12,14-15,17-26,28H,1,3,8,13,16,27H2/b5-4+,7-6?,10-9?,12-11+,15-14+,18-17?,20-19?,22-21?,24-23?,26-25?. The van der Waals surface area contributed by atoms with Gasteiger partial charge in [-0.3, -0.25) is 0 Å². The predicted octanol–water partition coefficient (Wildman–Crippen LogP) is 7.83. The number of cyclic esters (lactones) is 2. The summed E-state index contributed by atoms with van der Waals surface area (Å²) in [6.45, 7) is 3.96. The molecule has 1 atom stereocenters. The fraction of sp³-hybridized carbons (Fsp3) is 0.207. The molecule has 1 aliphatic heterocycles. The van der Waals surface area contributed by atoms with Crippen molar-refractivity contribution < 1.29 is 14.3 Å². The first-order chi connectivity index (χ1) is 15.8. The molecule has 0 bridgehead atoms. The molecule has 0 aromatic rings. The maximum Gasteiger partial charge on any atom is 0.509 e. The van der Waals surface area contributed by atoms with Gasteiger partial charge in [-0.1, -0.05) is 122 Å². The Kier molecular flexibility index (Phi) is 17.1. The van der Waals surface area contributed by atoms with Gasteiger partial charge < -0.3 is 9.47 Å². The molecule has 1 rings (SSSR count). The molecule has 1 fully saturated rings. The summed E-state index contributed by atoms with van der Waals surface area (Å²) < 4.78 is 9.57. The van der Waals surface area contributed by atoms with Crippen molar-refractivity contribution in [1.29, 1.82) is 0 Å². The second kappa shape index (κ2) is 20.7. The summed E-state index contributed by atoms with van der Waals surface area (Å²) in [4.78, 5) is 10.8. The highest BCUT2D eigenvalue weighted by atomic mass is 16.8. The van der Waals surface area contributed by atoms with Gasteiger partial charge >= 0.3 is 6.16 Å². The van der Waals surface area contributed by atoms with E-state index in [4.69, 9.17) is 4.74 Å². The van der Waals surface area contributed by atoms with Crippen molar-refractivity contribution in [3.05, 3.63) is 134 Å². The maximum absolute atomic E-state index is 10.8. The summed E-state index contributed by atoms with van der Waals surface area (Å²) in [6.07, 6.45) is 45.2. The van der Waals surface area contributed by atoms with Gasteiger partial charge in [0.15, 0.2) is 6.10 Å². The van der Waals surface area contributed by atoms with Crippen molar-refractivity contribution in [2.45, 2.75) is 31.8 Å². The lowest BCUT2D eigenvalue weighted by Gasteiger charge is -1.94. The zero-order valence-electron chi connectivity index (χ0n) is 18.7. The Labute approximate surface area is 193 Å². The van der Waals surface area contributed by atoms with Crippen molar-refractivity contribution >= 4 is 6.16 Å². The van der Waals surface area contributed by atoms with Crippen LogP contribution in [0.3, 0.4) is 0 Å². The van der Waals surface area contributed by atoms with E-state index in [9.17, 15) is 4.79 Å². The van der Waals surface area contributed by atoms with E-state index in [0.717, 1.165) is 25.7 Å². The van der Waals surface area contributed by atoms with Crippen molar-refractivity contribution in [2.75, 3.05) is 6.61 Å². The first kappa shape index (κ1) is 26.4. The molecular formula is C29H34O3. The Morgan fingerprint density at radius 2 is 1.06 bits per heavy atom. The Morgan fingerprint density at radius 3 is 1.56 bits per heavy atom. The van der Waals surface area contributed by atoms with Crippen LogP contribution >= 0.6 is 0 Å². The van der Waals surface area contributed by atoms with Crippen LogP contribution in [0.2, 0.25) is 0 Å². The summed E-state index contributed by atoms with van der Waals surface area (Å²) in [5.74, 6) is 0. The molecule has 0 saturated carbocycles. The monoisotopic (exact) mass is 430 g/mol. The third-order valence-electron chi connectivity index (χ3n) is 3.91. The van der Waals surface area contributed by atoms with Gasteiger partial charge in [0, 0.05) is 0 Å². The smallest absolute Gasteiger partial charge is 0.430 e. The molecule has 1 aliphatic rings. The van der Waals surface area contributed by atoms with Crippen LogP contribution in [0, 0.1) is 0 Å². The fourth-order valence-corrected chi connectivity index (χ4v) is 2.32. The number of hydrogen-bond donors (Lipinski definition) is 0. The molecule has 3 heteroatoms. The summed E-state index contributed by atoms with van der Waals surface area (Å²) >= 11 is 0. The molecule has 0 aromatic heterocycles. The van der Waals surface area contributed by atoms with E-state index in [0.29, 0.717) is 0 Å². The van der Waals surface area contributed by atoms with Crippen LogP contribution in [0.4, 0.5) is 4.79 Å². The lowest BCUT2D eigenvalue weighted by atomic mass is 10.2. The van der Waals surface area contributed by atoms with Crippen molar-refractivity contribution in [1.82, 2.24) is 0 Å². The molecule has 32 heavy (non-hydrogen) atoms. The quantitative estimate of drug-likeness (QED) is 0.151. The lowest BCUT2D eigenvalue weighted by molar-refractivity contribution is 0.125.